The van der Waals surface area contributed by atoms with Crippen LogP contribution >= 0.6 is 24.0 Å². The van der Waals surface area contributed by atoms with Crippen molar-refractivity contribution in [2.75, 3.05) is 26.5 Å². The summed E-state index contributed by atoms with van der Waals surface area (Å²) in [6, 6.07) is 6.61. The molecule has 1 fully saturated rings. The van der Waals surface area contributed by atoms with E-state index in [4.69, 9.17) is 4.74 Å². The van der Waals surface area contributed by atoms with Crippen molar-refractivity contribution in [3.8, 4) is 5.75 Å². The van der Waals surface area contributed by atoms with E-state index in [2.05, 4.69) is 34.7 Å². The molecule has 0 aromatic heterocycles. The quantitative estimate of drug-likeness (QED) is 0.338. The van der Waals surface area contributed by atoms with E-state index in [9.17, 15) is 4.21 Å². The summed E-state index contributed by atoms with van der Waals surface area (Å²) in [5, 5.41) is 7.24. The van der Waals surface area contributed by atoms with Crippen LogP contribution in [0.1, 0.15) is 43.7 Å². The average molecular weight is 507 g/mol. The summed E-state index contributed by atoms with van der Waals surface area (Å²) in [6.07, 6.45) is 5.17. The second-order valence-electron chi connectivity index (χ2n) is 6.86. The van der Waals surface area contributed by atoms with Gasteiger partial charge in [0.05, 0.1) is 7.11 Å². The number of hydrogen-bond donors (Lipinski definition) is 2. The molecule has 0 saturated heterocycles. The Morgan fingerprint density at radius 3 is 2.81 bits per heavy atom. The van der Waals surface area contributed by atoms with Gasteiger partial charge >= 0.3 is 0 Å². The summed E-state index contributed by atoms with van der Waals surface area (Å²) in [5.74, 6) is 2.50. The van der Waals surface area contributed by atoms with Crippen molar-refractivity contribution in [1.82, 2.24) is 10.6 Å². The molecule has 1 aromatic rings. The van der Waals surface area contributed by atoms with Gasteiger partial charge in [-0.2, -0.15) is 0 Å². The zero-order valence-corrected chi connectivity index (χ0v) is 20.1. The molecule has 1 aromatic carbocycles. The predicted molar refractivity (Wildman–Crippen MR) is 126 cm³/mol. The van der Waals surface area contributed by atoms with Crippen LogP contribution in [0.3, 0.4) is 0 Å². The highest BCUT2D eigenvalue weighted by atomic mass is 127. The summed E-state index contributed by atoms with van der Waals surface area (Å²) in [5.41, 5.74) is 2.44. The van der Waals surface area contributed by atoms with Crippen molar-refractivity contribution in [2.45, 2.75) is 57.2 Å². The minimum Gasteiger partial charge on any atom is -0.496 e. The molecule has 154 valence electrons. The third kappa shape index (κ3) is 7.60. The molecule has 2 N–H and O–H groups in total. The van der Waals surface area contributed by atoms with Gasteiger partial charge in [0.15, 0.2) is 5.96 Å². The normalized spacial score (nSPS) is 21.1. The maximum atomic E-state index is 12.1. The number of aryl methyl sites for hydroxylation is 1. The number of guanidine groups is 1. The van der Waals surface area contributed by atoms with Gasteiger partial charge in [-0.25, -0.2) is 0 Å². The number of ether oxygens (including phenoxy) is 1. The van der Waals surface area contributed by atoms with Crippen molar-refractivity contribution in [3.05, 3.63) is 29.3 Å². The first-order valence-corrected chi connectivity index (χ1v) is 10.9. The number of nitrogens with one attached hydrogen (secondary N) is 2. The van der Waals surface area contributed by atoms with Crippen LogP contribution in [0.5, 0.6) is 5.75 Å². The van der Waals surface area contributed by atoms with Crippen molar-refractivity contribution in [1.29, 1.82) is 0 Å². The monoisotopic (exact) mass is 507 g/mol. The molecule has 1 aliphatic carbocycles. The van der Waals surface area contributed by atoms with Gasteiger partial charge in [-0.15, -0.1) is 24.0 Å². The number of hydrogen-bond acceptors (Lipinski definition) is 3. The van der Waals surface area contributed by atoms with E-state index in [0.29, 0.717) is 11.3 Å². The zero-order chi connectivity index (χ0) is 18.9. The van der Waals surface area contributed by atoms with E-state index in [1.165, 1.54) is 11.1 Å². The lowest BCUT2D eigenvalue weighted by molar-refractivity contribution is 0.408. The first kappa shape index (κ1) is 24.2. The van der Waals surface area contributed by atoms with Crippen LogP contribution in [0.4, 0.5) is 0 Å². The fourth-order valence-corrected chi connectivity index (χ4v) is 4.90. The molecule has 0 amide bonds. The predicted octanol–water partition coefficient (Wildman–Crippen LogP) is 3.41. The van der Waals surface area contributed by atoms with Gasteiger partial charge in [-0.1, -0.05) is 31.0 Å². The molecule has 3 atom stereocenters. The molecule has 27 heavy (non-hydrogen) atoms. The Bertz CT molecular complexity index is 640. The number of rotatable bonds is 7. The Kier molecular flexibility index (Phi) is 11.3. The molecule has 0 radical (unpaired) electrons. The molecule has 5 nitrogen and oxygen atoms in total. The summed E-state index contributed by atoms with van der Waals surface area (Å²) in [4.78, 5) is 4.35. The number of benzene rings is 1. The molecular formula is C20H34IN3O2S. The lowest BCUT2D eigenvalue weighted by Crippen LogP contribution is -2.47. The average Bonchev–Trinajstić information content (AvgIpc) is 2.67. The second-order valence-corrected chi connectivity index (χ2v) is 8.87. The zero-order valence-electron chi connectivity index (χ0n) is 16.9. The van der Waals surface area contributed by atoms with Gasteiger partial charge in [0.25, 0.3) is 0 Å². The Morgan fingerprint density at radius 2 is 2.15 bits per heavy atom. The molecule has 0 bridgehead atoms. The highest BCUT2D eigenvalue weighted by Crippen LogP contribution is 2.23. The number of nitrogens with zero attached hydrogens (tertiary/aromatic N) is 1. The minimum absolute atomic E-state index is 0. The molecule has 7 heteroatoms. The molecule has 2 rings (SSSR count). The molecular weight excluding hydrogens is 473 g/mol. The van der Waals surface area contributed by atoms with Crippen LogP contribution in [0.25, 0.3) is 0 Å². The van der Waals surface area contributed by atoms with Crippen molar-refractivity contribution < 1.29 is 8.95 Å². The SMILES string of the molecule is CCS(=O)C1CCCC(NC(=NC)NCCc2cc(C)ccc2OC)C1.I. The maximum Gasteiger partial charge on any atom is 0.191 e. The van der Waals surface area contributed by atoms with Gasteiger partial charge in [0.2, 0.25) is 0 Å². The van der Waals surface area contributed by atoms with Crippen molar-refractivity contribution in [3.63, 3.8) is 0 Å². The highest BCUT2D eigenvalue weighted by molar-refractivity contribution is 14.0. The minimum atomic E-state index is -0.701. The molecule has 0 spiro atoms. The smallest absolute Gasteiger partial charge is 0.191 e. The summed E-state index contributed by atoms with van der Waals surface area (Å²) >= 11 is 0. The molecule has 1 saturated carbocycles. The van der Waals surface area contributed by atoms with Gasteiger partial charge in [0.1, 0.15) is 5.75 Å². The van der Waals surface area contributed by atoms with Crippen LogP contribution in [-0.4, -0.2) is 47.9 Å². The number of methoxy groups -OCH3 is 1. The van der Waals surface area contributed by atoms with E-state index in [0.717, 1.165) is 56.1 Å². The topological polar surface area (TPSA) is 62.7 Å². The van der Waals surface area contributed by atoms with Crippen LogP contribution in [-0.2, 0) is 17.2 Å². The van der Waals surface area contributed by atoms with E-state index >= 15 is 0 Å². The summed E-state index contributed by atoms with van der Waals surface area (Å²) in [6.45, 7) is 4.89. The molecule has 0 aliphatic heterocycles. The fourth-order valence-electron chi connectivity index (χ4n) is 3.56. The third-order valence-corrected chi connectivity index (χ3v) is 6.71. The lowest BCUT2D eigenvalue weighted by Gasteiger charge is -2.30. The first-order chi connectivity index (χ1) is 12.6. The van der Waals surface area contributed by atoms with Gasteiger partial charge in [-0.3, -0.25) is 9.20 Å². The van der Waals surface area contributed by atoms with Crippen molar-refractivity contribution in [2.24, 2.45) is 4.99 Å². The standard InChI is InChI=1S/C20H33N3O2S.HI/c1-5-26(24)18-8-6-7-17(14-18)23-20(21-3)22-12-11-16-13-15(2)9-10-19(16)25-4;/h9-10,13,17-18H,5-8,11-12,14H2,1-4H3,(H2,21,22,23);1H. The fraction of sp³-hybridized carbons (Fsp3) is 0.650. The van der Waals surface area contributed by atoms with Crippen molar-refractivity contribution >= 4 is 40.7 Å². The number of aliphatic imine (C=N–C) groups is 1. The Labute approximate surface area is 183 Å². The van der Waals surface area contributed by atoms with E-state index in [-0.39, 0.29) is 24.0 Å². The third-order valence-electron chi connectivity index (χ3n) is 4.97. The van der Waals surface area contributed by atoms with Crippen LogP contribution < -0.4 is 15.4 Å². The molecule has 3 unspecified atom stereocenters. The van der Waals surface area contributed by atoms with Crippen LogP contribution in [0.2, 0.25) is 0 Å². The Morgan fingerprint density at radius 1 is 1.37 bits per heavy atom. The lowest BCUT2D eigenvalue weighted by atomic mass is 9.95. The maximum absolute atomic E-state index is 12.1. The largest absolute Gasteiger partial charge is 0.496 e. The highest BCUT2D eigenvalue weighted by Gasteiger charge is 2.25. The molecule has 1 aliphatic rings. The summed E-state index contributed by atoms with van der Waals surface area (Å²) < 4.78 is 17.6. The van der Waals surface area contributed by atoms with E-state index in [1.54, 1.807) is 14.2 Å². The Hall–Kier alpha value is -0.830. The second kappa shape index (κ2) is 12.6. The first-order valence-electron chi connectivity index (χ1n) is 9.55. The van der Waals surface area contributed by atoms with Gasteiger partial charge < -0.3 is 15.4 Å². The van der Waals surface area contributed by atoms with Gasteiger partial charge in [-0.05, 0) is 44.2 Å². The molecule has 0 heterocycles. The number of halogens is 1. The summed E-state index contributed by atoms with van der Waals surface area (Å²) in [7, 11) is 2.81. The van der Waals surface area contributed by atoms with Gasteiger partial charge in [0, 0.05) is 41.4 Å². The van der Waals surface area contributed by atoms with E-state index < -0.39 is 10.8 Å². The van der Waals surface area contributed by atoms with Crippen LogP contribution in [0.15, 0.2) is 23.2 Å². The van der Waals surface area contributed by atoms with Crippen LogP contribution in [0, 0.1) is 6.92 Å². The Balaban J connectivity index is 0.00000364. The van der Waals surface area contributed by atoms with E-state index in [1.807, 2.05) is 13.0 Å².